The number of rotatable bonds is 6. The number of aryl methyl sites for hydroxylation is 1. The summed E-state index contributed by atoms with van der Waals surface area (Å²) in [4.78, 5) is 23.7. The molecular formula is C15H17ClN4O3. The normalized spacial score (nSPS) is 11.9. The lowest BCUT2D eigenvalue weighted by molar-refractivity contribution is -0.121. The minimum absolute atomic E-state index is 0.0436. The molecule has 1 atom stereocenters. The van der Waals surface area contributed by atoms with E-state index in [-0.39, 0.29) is 17.9 Å². The number of halogens is 1. The van der Waals surface area contributed by atoms with Crippen molar-refractivity contribution < 1.29 is 14.7 Å². The third kappa shape index (κ3) is 4.46. The van der Waals surface area contributed by atoms with E-state index in [4.69, 9.17) is 17.3 Å². The number of phenols is 1. The average molecular weight is 337 g/mol. The fourth-order valence-corrected chi connectivity index (χ4v) is 2.31. The van der Waals surface area contributed by atoms with Gasteiger partial charge in [0.15, 0.2) is 0 Å². The van der Waals surface area contributed by atoms with E-state index in [9.17, 15) is 14.7 Å². The van der Waals surface area contributed by atoms with Crippen LogP contribution in [-0.4, -0.2) is 33.2 Å². The zero-order valence-corrected chi connectivity index (χ0v) is 13.2. The molecule has 0 radical (unpaired) electrons. The molecule has 2 aromatic rings. The average Bonchev–Trinajstić information content (AvgIpc) is 2.90. The van der Waals surface area contributed by atoms with Crippen LogP contribution in [0.4, 0.5) is 0 Å². The van der Waals surface area contributed by atoms with Crippen LogP contribution in [0.3, 0.4) is 0 Å². The van der Waals surface area contributed by atoms with Gasteiger partial charge in [-0.3, -0.25) is 14.3 Å². The summed E-state index contributed by atoms with van der Waals surface area (Å²) < 4.78 is 1.62. The number of nitrogens with zero attached hydrogens (tertiary/aromatic N) is 2. The Hall–Kier alpha value is -2.54. The van der Waals surface area contributed by atoms with Gasteiger partial charge in [-0.1, -0.05) is 11.6 Å². The molecule has 0 aliphatic heterocycles. The van der Waals surface area contributed by atoms with Crippen LogP contribution in [-0.2, 0) is 18.3 Å². The number of hydrogen-bond donors (Lipinski definition) is 3. The van der Waals surface area contributed by atoms with E-state index < -0.39 is 17.7 Å². The maximum absolute atomic E-state index is 12.1. The van der Waals surface area contributed by atoms with E-state index in [0.717, 1.165) is 5.56 Å². The number of aromatic nitrogens is 2. The molecule has 0 spiro atoms. The predicted octanol–water partition coefficient (Wildman–Crippen LogP) is 0.853. The van der Waals surface area contributed by atoms with E-state index in [1.807, 2.05) is 0 Å². The molecule has 0 bridgehead atoms. The maximum Gasteiger partial charge on any atom is 0.255 e. The third-order valence-electron chi connectivity index (χ3n) is 3.36. The molecule has 2 rings (SSSR count). The largest absolute Gasteiger partial charge is 0.507 e. The monoisotopic (exact) mass is 336 g/mol. The summed E-state index contributed by atoms with van der Waals surface area (Å²) in [6.07, 6.45) is 3.78. The van der Waals surface area contributed by atoms with Gasteiger partial charge in [0.1, 0.15) is 5.75 Å². The van der Waals surface area contributed by atoms with Crippen molar-refractivity contribution in [2.24, 2.45) is 18.7 Å². The van der Waals surface area contributed by atoms with Crippen LogP contribution in [0, 0.1) is 5.92 Å². The van der Waals surface area contributed by atoms with E-state index in [2.05, 4.69) is 10.4 Å². The summed E-state index contributed by atoms with van der Waals surface area (Å²) in [7, 11) is 1.77. The second kappa shape index (κ2) is 7.15. The molecule has 0 aliphatic rings. The number of nitrogens with two attached hydrogens (primary N) is 1. The van der Waals surface area contributed by atoms with Gasteiger partial charge in [-0.2, -0.15) is 5.10 Å². The molecule has 0 aliphatic carbocycles. The fourth-order valence-electron chi connectivity index (χ4n) is 2.14. The molecule has 23 heavy (non-hydrogen) atoms. The second-order valence-corrected chi connectivity index (χ2v) is 5.63. The molecule has 1 heterocycles. The Labute approximate surface area is 138 Å². The minimum Gasteiger partial charge on any atom is -0.507 e. The molecule has 0 fully saturated rings. The van der Waals surface area contributed by atoms with Crippen molar-refractivity contribution in [1.82, 2.24) is 15.1 Å². The Morgan fingerprint density at radius 2 is 2.22 bits per heavy atom. The van der Waals surface area contributed by atoms with Crippen LogP contribution in [0.5, 0.6) is 5.75 Å². The summed E-state index contributed by atoms with van der Waals surface area (Å²) in [5.41, 5.74) is 6.27. The predicted molar refractivity (Wildman–Crippen MR) is 85.0 cm³/mol. The van der Waals surface area contributed by atoms with Crippen LogP contribution in [0.15, 0.2) is 30.6 Å². The van der Waals surface area contributed by atoms with Crippen LogP contribution in [0.25, 0.3) is 0 Å². The first-order valence-corrected chi connectivity index (χ1v) is 7.28. The van der Waals surface area contributed by atoms with E-state index in [1.54, 1.807) is 24.1 Å². The number of carbonyl (C=O) groups is 2. The summed E-state index contributed by atoms with van der Waals surface area (Å²) in [5.74, 6) is -1.81. The van der Waals surface area contributed by atoms with Crippen LogP contribution >= 0.6 is 11.6 Å². The molecule has 0 saturated heterocycles. The maximum atomic E-state index is 12.1. The van der Waals surface area contributed by atoms with Gasteiger partial charge in [-0.25, -0.2) is 0 Å². The summed E-state index contributed by atoms with van der Waals surface area (Å²) in [6, 6.07) is 4.16. The molecule has 122 valence electrons. The van der Waals surface area contributed by atoms with Gasteiger partial charge in [0.25, 0.3) is 5.91 Å². The highest BCUT2D eigenvalue weighted by molar-refractivity contribution is 6.31. The lowest BCUT2D eigenvalue weighted by Crippen LogP contribution is -2.37. The first-order chi connectivity index (χ1) is 10.9. The SMILES string of the molecule is Cn1cc(CC(CNC(=O)c2cc(Cl)ccc2O)C(N)=O)cn1. The number of amides is 2. The third-order valence-corrected chi connectivity index (χ3v) is 3.59. The molecule has 1 aromatic heterocycles. The zero-order valence-electron chi connectivity index (χ0n) is 12.5. The van der Waals surface area contributed by atoms with E-state index in [1.165, 1.54) is 18.2 Å². The van der Waals surface area contributed by atoms with Crippen LogP contribution in [0.1, 0.15) is 15.9 Å². The van der Waals surface area contributed by atoms with Crippen molar-refractivity contribution in [3.05, 3.63) is 46.7 Å². The quantitative estimate of drug-likeness (QED) is 0.726. The van der Waals surface area contributed by atoms with Crippen molar-refractivity contribution in [1.29, 1.82) is 0 Å². The van der Waals surface area contributed by atoms with Gasteiger partial charge in [0, 0.05) is 24.8 Å². The first kappa shape index (κ1) is 16.8. The standard InChI is InChI=1S/C15H17ClN4O3/c1-20-8-9(6-19-20)4-10(14(17)22)7-18-15(23)12-5-11(16)2-3-13(12)21/h2-3,5-6,8,10,21H,4,7H2,1H3,(H2,17,22)(H,18,23). The van der Waals surface area contributed by atoms with Crippen LogP contribution in [0.2, 0.25) is 5.02 Å². The highest BCUT2D eigenvalue weighted by Gasteiger charge is 2.19. The van der Waals surface area contributed by atoms with Gasteiger partial charge in [-0.15, -0.1) is 0 Å². The Balaban J connectivity index is 2.02. The highest BCUT2D eigenvalue weighted by atomic mass is 35.5. The number of hydrogen-bond acceptors (Lipinski definition) is 4. The number of aromatic hydroxyl groups is 1. The fraction of sp³-hybridized carbons (Fsp3) is 0.267. The van der Waals surface area contributed by atoms with Crippen molar-refractivity contribution in [3.8, 4) is 5.75 Å². The zero-order chi connectivity index (χ0) is 17.0. The Morgan fingerprint density at radius 3 is 2.83 bits per heavy atom. The van der Waals surface area contributed by atoms with Gasteiger partial charge in [0.2, 0.25) is 5.91 Å². The van der Waals surface area contributed by atoms with Gasteiger partial charge >= 0.3 is 0 Å². The van der Waals surface area contributed by atoms with E-state index >= 15 is 0 Å². The molecule has 1 unspecified atom stereocenters. The number of carbonyl (C=O) groups excluding carboxylic acids is 2. The van der Waals surface area contributed by atoms with Gasteiger partial charge in [-0.05, 0) is 30.2 Å². The molecule has 8 heteroatoms. The van der Waals surface area contributed by atoms with E-state index in [0.29, 0.717) is 11.4 Å². The van der Waals surface area contributed by atoms with Crippen molar-refractivity contribution in [2.45, 2.75) is 6.42 Å². The lowest BCUT2D eigenvalue weighted by atomic mass is 10.0. The van der Waals surface area contributed by atoms with Gasteiger partial charge in [0.05, 0.1) is 17.7 Å². The summed E-state index contributed by atoms with van der Waals surface area (Å²) in [5, 5.41) is 16.6. The first-order valence-electron chi connectivity index (χ1n) is 6.90. The Kier molecular flexibility index (Phi) is 5.23. The number of primary amides is 1. The number of benzene rings is 1. The number of phenolic OH excluding ortho intramolecular Hbond substituents is 1. The van der Waals surface area contributed by atoms with Gasteiger partial charge < -0.3 is 16.2 Å². The Morgan fingerprint density at radius 1 is 1.48 bits per heavy atom. The van der Waals surface area contributed by atoms with Crippen molar-refractivity contribution in [2.75, 3.05) is 6.54 Å². The smallest absolute Gasteiger partial charge is 0.255 e. The van der Waals surface area contributed by atoms with Crippen LogP contribution < -0.4 is 11.1 Å². The van der Waals surface area contributed by atoms with Crippen molar-refractivity contribution >= 4 is 23.4 Å². The molecular weight excluding hydrogens is 320 g/mol. The lowest BCUT2D eigenvalue weighted by Gasteiger charge is -2.14. The minimum atomic E-state index is -0.579. The second-order valence-electron chi connectivity index (χ2n) is 5.20. The van der Waals surface area contributed by atoms with Crippen molar-refractivity contribution in [3.63, 3.8) is 0 Å². The summed E-state index contributed by atoms with van der Waals surface area (Å²) >= 11 is 5.81. The highest BCUT2D eigenvalue weighted by Crippen LogP contribution is 2.21. The number of nitrogens with one attached hydrogen (secondary N) is 1. The molecule has 4 N–H and O–H groups in total. The molecule has 0 saturated carbocycles. The summed E-state index contributed by atoms with van der Waals surface area (Å²) in [6.45, 7) is 0.0506. The molecule has 2 amide bonds. The molecule has 7 nitrogen and oxygen atoms in total. The molecule has 1 aromatic carbocycles. The topological polar surface area (TPSA) is 110 Å². The Bertz CT molecular complexity index is 729.